The van der Waals surface area contributed by atoms with E-state index in [4.69, 9.17) is 12.2 Å². The zero-order chi connectivity index (χ0) is 12.7. The maximum atomic E-state index is 5.19. The molecule has 0 saturated heterocycles. The van der Waals surface area contributed by atoms with Gasteiger partial charge < -0.3 is 10.6 Å². The first-order valence-electron chi connectivity index (χ1n) is 6.16. The van der Waals surface area contributed by atoms with Gasteiger partial charge in [0, 0.05) is 25.3 Å². The van der Waals surface area contributed by atoms with Crippen LogP contribution in [0.15, 0.2) is 12.3 Å². The highest BCUT2D eigenvalue weighted by Crippen LogP contribution is 1.94. The van der Waals surface area contributed by atoms with Crippen LogP contribution in [0.1, 0.15) is 32.4 Å². The number of aryl methyl sites for hydroxylation is 2. The smallest absolute Gasteiger partial charge is 0.166 e. The largest absolute Gasteiger partial charge is 0.363 e. The zero-order valence-corrected chi connectivity index (χ0v) is 11.7. The molecule has 0 amide bonds. The van der Waals surface area contributed by atoms with Gasteiger partial charge in [-0.25, -0.2) is 0 Å². The molecule has 0 aliphatic heterocycles. The van der Waals surface area contributed by atoms with E-state index in [0.29, 0.717) is 6.04 Å². The topological polar surface area (TPSA) is 41.9 Å². The lowest BCUT2D eigenvalue weighted by Gasteiger charge is -2.15. The minimum absolute atomic E-state index is 0.434. The third kappa shape index (κ3) is 5.68. The van der Waals surface area contributed by atoms with Crippen molar-refractivity contribution in [2.45, 2.75) is 46.2 Å². The summed E-state index contributed by atoms with van der Waals surface area (Å²) in [5, 5.41) is 11.5. The monoisotopic (exact) mass is 254 g/mol. The summed E-state index contributed by atoms with van der Waals surface area (Å²) in [6.07, 6.45) is 4.10. The van der Waals surface area contributed by atoms with Gasteiger partial charge in [0.1, 0.15) is 0 Å². The summed E-state index contributed by atoms with van der Waals surface area (Å²) in [4.78, 5) is 0. The summed E-state index contributed by atoms with van der Waals surface area (Å²) in [5.41, 5.74) is 1.06. The number of rotatable bonds is 6. The minimum atomic E-state index is 0.434. The number of hydrogen-bond acceptors (Lipinski definition) is 2. The summed E-state index contributed by atoms with van der Waals surface area (Å²) < 4.78 is 1.96. The van der Waals surface area contributed by atoms with Gasteiger partial charge in [-0.05, 0) is 45.0 Å². The van der Waals surface area contributed by atoms with Crippen LogP contribution in [-0.2, 0) is 6.54 Å². The molecule has 5 heteroatoms. The van der Waals surface area contributed by atoms with Crippen molar-refractivity contribution in [2.24, 2.45) is 0 Å². The van der Waals surface area contributed by atoms with Gasteiger partial charge in [0.15, 0.2) is 5.11 Å². The first-order valence-corrected chi connectivity index (χ1v) is 6.57. The Morgan fingerprint density at radius 3 is 2.94 bits per heavy atom. The van der Waals surface area contributed by atoms with Crippen molar-refractivity contribution in [3.8, 4) is 0 Å². The fourth-order valence-electron chi connectivity index (χ4n) is 1.41. The molecular formula is C12H22N4S. The molecule has 0 radical (unpaired) electrons. The molecule has 0 saturated carbocycles. The van der Waals surface area contributed by atoms with E-state index in [0.717, 1.165) is 36.7 Å². The Morgan fingerprint density at radius 1 is 1.59 bits per heavy atom. The van der Waals surface area contributed by atoms with E-state index >= 15 is 0 Å². The zero-order valence-electron chi connectivity index (χ0n) is 10.9. The summed E-state index contributed by atoms with van der Waals surface area (Å²) in [6.45, 7) is 8.06. The Morgan fingerprint density at radius 2 is 2.35 bits per heavy atom. The summed E-state index contributed by atoms with van der Waals surface area (Å²) in [5.74, 6) is 0. The van der Waals surface area contributed by atoms with E-state index in [-0.39, 0.29) is 0 Å². The van der Waals surface area contributed by atoms with Crippen LogP contribution < -0.4 is 10.6 Å². The van der Waals surface area contributed by atoms with E-state index in [1.165, 1.54) is 0 Å². The second kappa shape index (κ2) is 7.27. The Balaban J connectivity index is 2.10. The molecule has 0 aliphatic carbocycles. The van der Waals surface area contributed by atoms with Gasteiger partial charge in [0.2, 0.25) is 0 Å². The summed E-state index contributed by atoms with van der Waals surface area (Å²) >= 11 is 5.19. The van der Waals surface area contributed by atoms with Gasteiger partial charge in [-0.2, -0.15) is 5.10 Å². The van der Waals surface area contributed by atoms with Crippen molar-refractivity contribution in [1.82, 2.24) is 20.4 Å². The van der Waals surface area contributed by atoms with Crippen molar-refractivity contribution in [3.63, 3.8) is 0 Å². The van der Waals surface area contributed by atoms with Crippen LogP contribution in [-0.4, -0.2) is 27.5 Å². The summed E-state index contributed by atoms with van der Waals surface area (Å²) in [7, 11) is 0. The Hall–Kier alpha value is -1.10. The normalized spacial score (nSPS) is 12.2. The fourth-order valence-corrected chi connectivity index (χ4v) is 1.71. The lowest BCUT2D eigenvalue weighted by atomic mass is 10.3. The number of nitrogens with zero attached hydrogens (tertiary/aromatic N) is 2. The molecule has 2 N–H and O–H groups in total. The molecule has 0 aliphatic rings. The quantitative estimate of drug-likeness (QED) is 0.600. The number of hydrogen-bond donors (Lipinski definition) is 2. The molecule has 17 heavy (non-hydrogen) atoms. The molecule has 0 bridgehead atoms. The van der Waals surface area contributed by atoms with Crippen LogP contribution in [0, 0.1) is 6.92 Å². The Kier molecular flexibility index (Phi) is 5.97. The second-order valence-corrected chi connectivity index (χ2v) is 4.69. The van der Waals surface area contributed by atoms with Crippen LogP contribution in [0.3, 0.4) is 0 Å². The molecule has 1 aromatic rings. The molecule has 1 rings (SSSR count). The highest BCUT2D eigenvalue weighted by Gasteiger charge is 2.00. The first-order chi connectivity index (χ1) is 8.11. The third-order valence-electron chi connectivity index (χ3n) is 2.61. The van der Waals surface area contributed by atoms with E-state index in [1.807, 2.05) is 23.9 Å². The number of thiocarbonyl (C=S) groups is 1. The van der Waals surface area contributed by atoms with E-state index < -0.39 is 0 Å². The van der Waals surface area contributed by atoms with Crippen molar-refractivity contribution < 1.29 is 0 Å². The SMILES string of the molecule is CCC(C)NC(=S)NCCCn1ccc(C)n1. The Labute approximate surface area is 109 Å². The third-order valence-corrected chi connectivity index (χ3v) is 2.88. The molecule has 4 nitrogen and oxygen atoms in total. The fraction of sp³-hybridized carbons (Fsp3) is 0.667. The predicted octanol–water partition coefficient (Wildman–Crippen LogP) is 1.84. The van der Waals surface area contributed by atoms with Crippen molar-refractivity contribution in [3.05, 3.63) is 18.0 Å². The molecule has 0 fully saturated rings. The predicted molar refractivity (Wildman–Crippen MR) is 75.1 cm³/mol. The Bertz CT molecular complexity index is 348. The van der Waals surface area contributed by atoms with E-state index in [2.05, 4.69) is 29.6 Å². The molecule has 0 aromatic carbocycles. The van der Waals surface area contributed by atoms with E-state index in [9.17, 15) is 0 Å². The van der Waals surface area contributed by atoms with E-state index in [1.54, 1.807) is 0 Å². The van der Waals surface area contributed by atoms with Gasteiger partial charge >= 0.3 is 0 Å². The maximum Gasteiger partial charge on any atom is 0.166 e. The number of aromatic nitrogens is 2. The van der Waals surface area contributed by atoms with Crippen LogP contribution in [0.5, 0.6) is 0 Å². The molecule has 0 spiro atoms. The standard InChI is InChI=1S/C12H22N4S/c1-4-10(2)14-12(17)13-7-5-8-16-9-6-11(3)15-16/h6,9-10H,4-5,7-8H2,1-3H3,(H2,13,14,17). The van der Waals surface area contributed by atoms with Gasteiger partial charge in [0.05, 0.1) is 5.69 Å². The van der Waals surface area contributed by atoms with Gasteiger partial charge in [-0.3, -0.25) is 4.68 Å². The number of nitrogens with one attached hydrogen (secondary N) is 2. The van der Waals surface area contributed by atoms with Crippen molar-refractivity contribution in [2.75, 3.05) is 6.54 Å². The van der Waals surface area contributed by atoms with Crippen LogP contribution in [0.4, 0.5) is 0 Å². The van der Waals surface area contributed by atoms with Gasteiger partial charge in [0.25, 0.3) is 0 Å². The lowest BCUT2D eigenvalue weighted by molar-refractivity contribution is 0.564. The first kappa shape index (κ1) is 14.0. The average Bonchev–Trinajstić information content (AvgIpc) is 2.70. The molecule has 96 valence electrons. The van der Waals surface area contributed by atoms with Crippen molar-refractivity contribution >= 4 is 17.3 Å². The molecular weight excluding hydrogens is 232 g/mol. The average molecular weight is 254 g/mol. The van der Waals surface area contributed by atoms with Crippen LogP contribution >= 0.6 is 12.2 Å². The van der Waals surface area contributed by atoms with Crippen molar-refractivity contribution in [1.29, 1.82) is 0 Å². The van der Waals surface area contributed by atoms with Gasteiger partial charge in [-0.15, -0.1) is 0 Å². The molecule has 1 unspecified atom stereocenters. The summed E-state index contributed by atoms with van der Waals surface area (Å²) in [6, 6.07) is 2.45. The second-order valence-electron chi connectivity index (χ2n) is 4.28. The maximum absolute atomic E-state index is 5.19. The lowest BCUT2D eigenvalue weighted by Crippen LogP contribution is -2.40. The molecule has 1 aromatic heterocycles. The molecule has 1 heterocycles. The highest BCUT2D eigenvalue weighted by atomic mass is 32.1. The minimum Gasteiger partial charge on any atom is -0.363 e. The molecule has 1 atom stereocenters. The van der Waals surface area contributed by atoms with Crippen LogP contribution in [0.2, 0.25) is 0 Å². The van der Waals surface area contributed by atoms with Gasteiger partial charge in [-0.1, -0.05) is 6.92 Å². The van der Waals surface area contributed by atoms with Crippen LogP contribution in [0.25, 0.3) is 0 Å². The highest BCUT2D eigenvalue weighted by molar-refractivity contribution is 7.80.